The van der Waals surface area contributed by atoms with Gasteiger partial charge in [-0.1, -0.05) is 0 Å². The highest BCUT2D eigenvalue weighted by molar-refractivity contribution is 7.99. The number of hydrogen-bond donors (Lipinski definition) is 1. The van der Waals surface area contributed by atoms with E-state index < -0.39 is 0 Å². The van der Waals surface area contributed by atoms with Gasteiger partial charge in [-0.15, -0.1) is 11.8 Å². The fourth-order valence-electron chi connectivity index (χ4n) is 2.66. The molecule has 1 aromatic rings. The number of rotatable bonds is 7. The summed E-state index contributed by atoms with van der Waals surface area (Å²) in [4.78, 5) is 10.1. The van der Waals surface area contributed by atoms with E-state index in [1.165, 1.54) is 4.90 Å². The summed E-state index contributed by atoms with van der Waals surface area (Å²) in [5, 5.41) is 9.28. The molecule has 22 heavy (non-hydrogen) atoms. The van der Waals surface area contributed by atoms with Crippen LogP contribution in [0.25, 0.3) is 0 Å². The number of likely N-dealkylation sites (N-methyl/N-ethyl adjacent to an activating group) is 1. The number of ether oxygens (including phenoxy) is 1. The molecule has 1 atom stereocenters. The van der Waals surface area contributed by atoms with Gasteiger partial charge in [0, 0.05) is 43.0 Å². The number of pyridine rings is 1. The van der Waals surface area contributed by atoms with E-state index in [1.54, 1.807) is 6.20 Å². The molecule has 0 spiro atoms. The molecule has 0 bridgehead atoms. The smallest absolute Gasteiger partial charge is 0.0856 e. The summed E-state index contributed by atoms with van der Waals surface area (Å²) in [6.07, 6.45) is 2.10. The summed E-state index contributed by atoms with van der Waals surface area (Å²) in [6, 6.07) is 2.04. The maximum Gasteiger partial charge on any atom is 0.0856 e. The van der Waals surface area contributed by atoms with Crippen LogP contribution in [0.15, 0.2) is 17.2 Å². The molecule has 0 aromatic carbocycles. The van der Waals surface area contributed by atoms with Gasteiger partial charge in [0.15, 0.2) is 0 Å². The summed E-state index contributed by atoms with van der Waals surface area (Å²) in [5.74, 6) is 1.05. The molecule has 1 aliphatic rings. The Morgan fingerprint density at radius 2 is 2.32 bits per heavy atom. The van der Waals surface area contributed by atoms with Crippen molar-refractivity contribution >= 4 is 11.8 Å². The lowest BCUT2D eigenvalue weighted by Gasteiger charge is -2.34. The number of aliphatic hydroxyl groups is 1. The molecule has 0 amide bonds. The lowest BCUT2D eigenvalue weighted by Crippen LogP contribution is -2.47. The number of hydrogen-bond acceptors (Lipinski definition) is 6. The Labute approximate surface area is 137 Å². The van der Waals surface area contributed by atoms with Gasteiger partial charge >= 0.3 is 0 Å². The molecule has 2 heterocycles. The second-order valence-corrected chi connectivity index (χ2v) is 7.08. The number of morpholine rings is 1. The summed E-state index contributed by atoms with van der Waals surface area (Å²) in [6.45, 7) is 6.93. The minimum Gasteiger partial charge on any atom is -0.390 e. The highest BCUT2D eigenvalue weighted by Gasteiger charge is 2.20. The molecular weight excluding hydrogens is 298 g/mol. The highest BCUT2D eigenvalue weighted by atomic mass is 32.2. The Morgan fingerprint density at radius 1 is 1.50 bits per heavy atom. The van der Waals surface area contributed by atoms with Crippen molar-refractivity contribution in [1.29, 1.82) is 0 Å². The van der Waals surface area contributed by atoms with Gasteiger partial charge < -0.3 is 14.7 Å². The van der Waals surface area contributed by atoms with Gasteiger partial charge in [-0.3, -0.25) is 9.88 Å². The maximum atomic E-state index is 9.28. The minimum absolute atomic E-state index is 0.00983. The number of aromatic nitrogens is 1. The lowest BCUT2D eigenvalue weighted by molar-refractivity contribution is -0.0360. The Morgan fingerprint density at radius 3 is 3.05 bits per heavy atom. The van der Waals surface area contributed by atoms with Gasteiger partial charge in [-0.2, -0.15) is 0 Å². The zero-order valence-corrected chi connectivity index (χ0v) is 14.6. The first-order valence-electron chi connectivity index (χ1n) is 7.77. The van der Waals surface area contributed by atoms with Crippen molar-refractivity contribution < 1.29 is 9.84 Å². The van der Waals surface area contributed by atoms with Gasteiger partial charge in [-0.25, -0.2) is 0 Å². The van der Waals surface area contributed by atoms with E-state index >= 15 is 0 Å². The molecule has 1 aliphatic heterocycles. The van der Waals surface area contributed by atoms with Crippen LogP contribution in [0.3, 0.4) is 0 Å². The van der Waals surface area contributed by atoms with Crippen LogP contribution in [0.4, 0.5) is 0 Å². The van der Waals surface area contributed by atoms with Crippen LogP contribution < -0.4 is 0 Å². The highest BCUT2D eigenvalue weighted by Crippen LogP contribution is 2.23. The predicted molar refractivity (Wildman–Crippen MR) is 90.4 cm³/mol. The first-order valence-corrected chi connectivity index (χ1v) is 8.75. The van der Waals surface area contributed by atoms with Crippen LogP contribution in [-0.2, 0) is 11.3 Å². The third-order valence-electron chi connectivity index (χ3n) is 3.87. The van der Waals surface area contributed by atoms with Gasteiger partial charge in [0.2, 0.25) is 0 Å². The Bertz CT molecular complexity index is 471. The zero-order valence-electron chi connectivity index (χ0n) is 13.8. The fraction of sp³-hybridized carbons (Fsp3) is 0.688. The molecule has 124 valence electrons. The van der Waals surface area contributed by atoms with Crippen molar-refractivity contribution in [3.8, 4) is 0 Å². The molecule has 0 radical (unpaired) electrons. The molecule has 6 heteroatoms. The molecule has 1 N–H and O–H groups in total. The standard InChI is InChI=1S/C16H27N3O2S/c1-13-15(12-20)17-5-4-16(13)22-9-7-19-6-8-21-14(11-19)10-18(2)3/h4-5,14,20H,6-12H2,1-3H3. The zero-order chi connectivity index (χ0) is 15.9. The molecule has 1 aromatic heterocycles. The molecule has 2 rings (SSSR count). The van der Waals surface area contributed by atoms with Gasteiger partial charge in [0.25, 0.3) is 0 Å². The van der Waals surface area contributed by atoms with E-state index in [4.69, 9.17) is 4.74 Å². The van der Waals surface area contributed by atoms with Crippen molar-refractivity contribution in [3.63, 3.8) is 0 Å². The van der Waals surface area contributed by atoms with E-state index in [1.807, 2.05) is 24.8 Å². The average molecular weight is 325 g/mol. The van der Waals surface area contributed by atoms with E-state index in [0.29, 0.717) is 6.10 Å². The second-order valence-electron chi connectivity index (χ2n) is 5.94. The molecule has 1 fully saturated rings. The molecule has 1 saturated heterocycles. The summed E-state index contributed by atoms with van der Waals surface area (Å²) < 4.78 is 5.81. The molecule has 0 saturated carbocycles. The molecule has 1 unspecified atom stereocenters. The Hall–Kier alpha value is -0.660. The summed E-state index contributed by atoms with van der Waals surface area (Å²) in [5.41, 5.74) is 1.88. The summed E-state index contributed by atoms with van der Waals surface area (Å²) >= 11 is 1.84. The molecule has 5 nitrogen and oxygen atoms in total. The van der Waals surface area contributed by atoms with Crippen molar-refractivity contribution in [2.75, 3.05) is 52.6 Å². The average Bonchev–Trinajstić information content (AvgIpc) is 2.49. The normalized spacial score (nSPS) is 19.8. The molecule has 0 aliphatic carbocycles. The first-order chi connectivity index (χ1) is 10.6. The summed E-state index contributed by atoms with van der Waals surface area (Å²) in [7, 11) is 4.17. The Balaban J connectivity index is 1.79. The van der Waals surface area contributed by atoms with E-state index in [9.17, 15) is 5.11 Å². The van der Waals surface area contributed by atoms with Gasteiger partial charge in [-0.05, 0) is 32.6 Å². The number of thioether (sulfide) groups is 1. The second kappa shape index (κ2) is 8.84. The van der Waals surface area contributed by atoms with E-state index in [2.05, 4.69) is 28.9 Å². The van der Waals surface area contributed by atoms with Crippen LogP contribution in [0.1, 0.15) is 11.3 Å². The van der Waals surface area contributed by atoms with E-state index in [-0.39, 0.29) is 6.61 Å². The van der Waals surface area contributed by atoms with E-state index in [0.717, 1.165) is 49.8 Å². The third kappa shape index (κ3) is 5.21. The first kappa shape index (κ1) is 17.7. The van der Waals surface area contributed by atoms with Crippen LogP contribution in [0.5, 0.6) is 0 Å². The van der Waals surface area contributed by atoms with Gasteiger partial charge in [0.05, 0.1) is 25.0 Å². The van der Waals surface area contributed by atoms with Gasteiger partial charge in [0.1, 0.15) is 0 Å². The van der Waals surface area contributed by atoms with Crippen molar-refractivity contribution in [2.45, 2.75) is 24.5 Å². The van der Waals surface area contributed by atoms with Crippen molar-refractivity contribution in [2.24, 2.45) is 0 Å². The predicted octanol–water partition coefficient (Wildman–Crippen LogP) is 1.24. The topological polar surface area (TPSA) is 48.8 Å². The third-order valence-corrected chi connectivity index (χ3v) is 5.01. The minimum atomic E-state index is 0.00983. The number of nitrogens with zero attached hydrogens (tertiary/aromatic N) is 3. The number of aliphatic hydroxyl groups excluding tert-OH is 1. The SMILES string of the molecule is Cc1c(SCCN2CCOC(CN(C)C)C2)ccnc1CO. The monoisotopic (exact) mass is 325 g/mol. The van der Waals surface area contributed by atoms with Crippen LogP contribution in [0.2, 0.25) is 0 Å². The van der Waals surface area contributed by atoms with Crippen LogP contribution in [0, 0.1) is 6.92 Å². The molecular formula is C16H27N3O2S. The quantitative estimate of drug-likeness (QED) is 0.761. The largest absolute Gasteiger partial charge is 0.390 e. The lowest BCUT2D eigenvalue weighted by atomic mass is 10.2. The van der Waals surface area contributed by atoms with Crippen molar-refractivity contribution in [3.05, 3.63) is 23.5 Å². The Kier molecular flexibility index (Phi) is 7.11. The fourth-order valence-corrected chi connectivity index (χ4v) is 3.72. The van der Waals surface area contributed by atoms with Crippen LogP contribution in [-0.4, -0.2) is 78.6 Å². The van der Waals surface area contributed by atoms with Crippen LogP contribution >= 0.6 is 11.8 Å². The maximum absolute atomic E-state index is 9.28. The van der Waals surface area contributed by atoms with Crippen molar-refractivity contribution in [1.82, 2.24) is 14.8 Å².